The van der Waals surface area contributed by atoms with Crippen molar-refractivity contribution < 1.29 is 23.9 Å². The molecule has 0 bridgehead atoms. The lowest BCUT2D eigenvalue weighted by molar-refractivity contribution is -0.151. The largest absolute Gasteiger partial charge is 0.455 e. The smallest absolute Gasteiger partial charge is 0.311 e. The number of nitrogens with one attached hydrogen (secondary N) is 1. The molecule has 3 rings (SSSR count). The Kier molecular flexibility index (Phi) is 6.39. The number of nitrogens with zero attached hydrogens (tertiary/aromatic N) is 1. The summed E-state index contributed by atoms with van der Waals surface area (Å²) in [6, 6.07) is 16.0. The maximum atomic E-state index is 12.2. The highest BCUT2D eigenvalue weighted by molar-refractivity contribution is 5.96. The van der Waals surface area contributed by atoms with Crippen LogP contribution >= 0.6 is 0 Å². The van der Waals surface area contributed by atoms with Crippen LogP contribution in [0.4, 0.5) is 5.69 Å². The van der Waals surface area contributed by atoms with Gasteiger partial charge in [0.05, 0.1) is 5.92 Å². The quantitative estimate of drug-likeness (QED) is 0.575. The molecule has 1 fully saturated rings. The fourth-order valence-electron chi connectivity index (χ4n) is 3.13. The summed E-state index contributed by atoms with van der Waals surface area (Å²) in [4.78, 5) is 49.3. The maximum Gasteiger partial charge on any atom is 0.311 e. The molecule has 1 aliphatic rings. The molecule has 0 unspecified atom stereocenters. The van der Waals surface area contributed by atoms with Gasteiger partial charge >= 0.3 is 5.97 Å². The SMILES string of the molecule is CC(=O)c1ccc(NC(=O)COC(=O)[C@@H]2CC(=O)N(Cc3ccccc3)C2)cc1. The zero-order valence-corrected chi connectivity index (χ0v) is 16.1. The Morgan fingerprint density at radius 3 is 2.41 bits per heavy atom. The Bertz CT molecular complexity index is 909. The van der Waals surface area contributed by atoms with Crippen molar-refractivity contribution in [3.8, 4) is 0 Å². The molecule has 29 heavy (non-hydrogen) atoms. The fraction of sp³-hybridized carbons (Fsp3) is 0.273. The highest BCUT2D eigenvalue weighted by Gasteiger charge is 2.35. The second-order valence-corrected chi connectivity index (χ2v) is 6.95. The normalized spacial score (nSPS) is 15.8. The topological polar surface area (TPSA) is 92.8 Å². The number of rotatable bonds is 7. The second-order valence-electron chi connectivity index (χ2n) is 6.95. The molecular formula is C22H22N2O5. The lowest BCUT2D eigenvalue weighted by atomic mass is 10.1. The number of ether oxygens (including phenoxy) is 1. The van der Waals surface area contributed by atoms with Gasteiger partial charge in [-0.15, -0.1) is 0 Å². The van der Waals surface area contributed by atoms with Crippen LogP contribution in [0.25, 0.3) is 0 Å². The van der Waals surface area contributed by atoms with Crippen LogP contribution in [0.1, 0.15) is 29.3 Å². The Labute approximate surface area is 168 Å². The van der Waals surface area contributed by atoms with E-state index in [1.165, 1.54) is 6.92 Å². The predicted octanol–water partition coefficient (Wildman–Crippen LogP) is 2.42. The van der Waals surface area contributed by atoms with Gasteiger partial charge in [0.2, 0.25) is 5.91 Å². The average molecular weight is 394 g/mol. The molecule has 2 aromatic rings. The van der Waals surface area contributed by atoms with Gasteiger partial charge in [0.15, 0.2) is 12.4 Å². The summed E-state index contributed by atoms with van der Waals surface area (Å²) in [6.07, 6.45) is 0.0831. The zero-order valence-electron chi connectivity index (χ0n) is 16.1. The molecule has 1 heterocycles. The van der Waals surface area contributed by atoms with Crippen LogP contribution in [0.5, 0.6) is 0 Å². The first-order valence-corrected chi connectivity index (χ1v) is 9.31. The molecule has 150 valence electrons. The van der Waals surface area contributed by atoms with Crippen molar-refractivity contribution in [3.05, 3.63) is 65.7 Å². The molecule has 0 spiro atoms. The first-order valence-electron chi connectivity index (χ1n) is 9.31. The number of likely N-dealkylation sites (tertiary alicyclic amines) is 1. The Morgan fingerprint density at radius 2 is 1.76 bits per heavy atom. The van der Waals surface area contributed by atoms with E-state index in [1.54, 1.807) is 29.2 Å². The molecule has 0 saturated carbocycles. The molecule has 7 nitrogen and oxygen atoms in total. The number of hydrogen-bond donors (Lipinski definition) is 1. The van der Waals surface area contributed by atoms with E-state index in [1.807, 2.05) is 30.3 Å². The first-order chi connectivity index (χ1) is 13.9. The number of esters is 1. The van der Waals surface area contributed by atoms with Crippen LogP contribution in [-0.4, -0.2) is 41.6 Å². The van der Waals surface area contributed by atoms with Crippen LogP contribution in [-0.2, 0) is 25.7 Å². The summed E-state index contributed by atoms with van der Waals surface area (Å²) in [5.74, 6) is -1.79. The van der Waals surface area contributed by atoms with E-state index in [9.17, 15) is 19.2 Å². The molecule has 1 saturated heterocycles. The molecular weight excluding hydrogens is 372 g/mol. The van der Waals surface area contributed by atoms with E-state index in [-0.39, 0.29) is 24.7 Å². The van der Waals surface area contributed by atoms with E-state index < -0.39 is 24.4 Å². The first kappa shape index (κ1) is 20.3. The lowest BCUT2D eigenvalue weighted by Gasteiger charge is -2.16. The molecule has 2 aromatic carbocycles. The Hall–Kier alpha value is -3.48. The van der Waals surface area contributed by atoms with Gasteiger partial charge in [-0.2, -0.15) is 0 Å². The number of ketones is 1. The minimum absolute atomic E-state index is 0.0655. The monoisotopic (exact) mass is 394 g/mol. The summed E-state index contributed by atoms with van der Waals surface area (Å²) in [5, 5.41) is 2.60. The molecule has 1 aliphatic heterocycles. The third-order valence-corrected chi connectivity index (χ3v) is 4.68. The third kappa shape index (κ3) is 5.51. The molecule has 2 amide bonds. The van der Waals surface area contributed by atoms with Gasteiger partial charge in [0.1, 0.15) is 0 Å². The van der Waals surface area contributed by atoms with Crippen molar-refractivity contribution in [3.63, 3.8) is 0 Å². The molecule has 1 atom stereocenters. The van der Waals surface area contributed by atoms with Gasteiger partial charge in [-0.1, -0.05) is 30.3 Å². The number of carbonyl (C=O) groups excluding carboxylic acids is 4. The van der Waals surface area contributed by atoms with E-state index in [2.05, 4.69) is 5.32 Å². The van der Waals surface area contributed by atoms with Gasteiger partial charge in [-0.3, -0.25) is 19.2 Å². The number of carbonyl (C=O) groups is 4. The van der Waals surface area contributed by atoms with Crippen LogP contribution in [0.2, 0.25) is 0 Å². The third-order valence-electron chi connectivity index (χ3n) is 4.68. The van der Waals surface area contributed by atoms with Crippen molar-refractivity contribution in [1.29, 1.82) is 0 Å². The Morgan fingerprint density at radius 1 is 1.07 bits per heavy atom. The standard InChI is InChI=1S/C22H22N2O5/c1-15(25)17-7-9-19(10-8-17)23-20(26)14-29-22(28)18-11-21(27)24(13-18)12-16-5-3-2-4-6-16/h2-10,18H,11-14H2,1H3,(H,23,26)/t18-/m1/s1. The van der Waals surface area contributed by atoms with Crippen LogP contribution in [0, 0.1) is 5.92 Å². The highest BCUT2D eigenvalue weighted by atomic mass is 16.5. The summed E-state index contributed by atoms with van der Waals surface area (Å²) >= 11 is 0. The van der Waals surface area contributed by atoms with Crippen LogP contribution < -0.4 is 5.32 Å². The molecule has 0 aromatic heterocycles. The molecule has 7 heteroatoms. The summed E-state index contributed by atoms with van der Waals surface area (Å²) in [5.41, 5.74) is 2.03. The van der Waals surface area contributed by atoms with Gasteiger partial charge < -0.3 is 15.0 Å². The second kappa shape index (κ2) is 9.14. The van der Waals surface area contributed by atoms with Crippen molar-refractivity contribution in [2.24, 2.45) is 5.92 Å². The van der Waals surface area contributed by atoms with E-state index in [0.29, 0.717) is 17.8 Å². The number of Topliss-reactive ketones (excluding diaryl/α,β-unsaturated/α-hetero) is 1. The van der Waals surface area contributed by atoms with Gasteiger partial charge in [-0.25, -0.2) is 0 Å². The predicted molar refractivity (Wildman–Crippen MR) is 106 cm³/mol. The average Bonchev–Trinajstić information content (AvgIpc) is 3.08. The van der Waals surface area contributed by atoms with E-state index in [4.69, 9.17) is 4.74 Å². The van der Waals surface area contributed by atoms with Crippen molar-refractivity contribution in [2.75, 3.05) is 18.5 Å². The van der Waals surface area contributed by atoms with Crippen LogP contribution in [0.15, 0.2) is 54.6 Å². The Balaban J connectivity index is 1.46. The van der Waals surface area contributed by atoms with Crippen molar-refractivity contribution >= 4 is 29.3 Å². The van der Waals surface area contributed by atoms with E-state index >= 15 is 0 Å². The molecule has 1 N–H and O–H groups in total. The lowest BCUT2D eigenvalue weighted by Crippen LogP contribution is -2.28. The number of benzene rings is 2. The highest BCUT2D eigenvalue weighted by Crippen LogP contribution is 2.21. The molecule has 0 radical (unpaired) electrons. The maximum absolute atomic E-state index is 12.2. The van der Waals surface area contributed by atoms with Gasteiger partial charge in [0, 0.05) is 30.8 Å². The minimum Gasteiger partial charge on any atom is -0.455 e. The van der Waals surface area contributed by atoms with E-state index in [0.717, 1.165) is 5.56 Å². The van der Waals surface area contributed by atoms with Gasteiger partial charge in [-0.05, 0) is 36.8 Å². The number of anilines is 1. The number of amides is 2. The van der Waals surface area contributed by atoms with Crippen molar-refractivity contribution in [2.45, 2.75) is 19.9 Å². The van der Waals surface area contributed by atoms with Crippen LogP contribution in [0.3, 0.4) is 0 Å². The summed E-state index contributed by atoms with van der Waals surface area (Å²) < 4.78 is 5.08. The fourth-order valence-corrected chi connectivity index (χ4v) is 3.13. The van der Waals surface area contributed by atoms with Gasteiger partial charge in [0.25, 0.3) is 5.91 Å². The minimum atomic E-state index is -0.575. The molecule has 0 aliphatic carbocycles. The summed E-state index contributed by atoms with van der Waals surface area (Å²) in [7, 11) is 0. The van der Waals surface area contributed by atoms with Crippen molar-refractivity contribution in [1.82, 2.24) is 4.90 Å². The zero-order chi connectivity index (χ0) is 20.8. The number of hydrogen-bond acceptors (Lipinski definition) is 5. The summed E-state index contributed by atoms with van der Waals surface area (Å²) in [6.45, 7) is 1.75.